The van der Waals surface area contributed by atoms with Crippen LogP contribution in [0.1, 0.15) is 32.3 Å². The maximum atomic E-state index is 5.60. The van der Waals surface area contributed by atoms with Crippen LogP contribution in [0.25, 0.3) is 6.08 Å². The van der Waals surface area contributed by atoms with Gasteiger partial charge in [-0.2, -0.15) is 0 Å². The van der Waals surface area contributed by atoms with E-state index in [-0.39, 0.29) is 6.29 Å². The Balaban J connectivity index is 2.37. The third-order valence-corrected chi connectivity index (χ3v) is 2.27. The highest BCUT2D eigenvalue weighted by Crippen LogP contribution is 2.14. The predicted octanol–water partition coefficient (Wildman–Crippen LogP) is 3.87. The van der Waals surface area contributed by atoms with Crippen LogP contribution in [0.5, 0.6) is 5.75 Å². The van der Waals surface area contributed by atoms with Gasteiger partial charge in [0.1, 0.15) is 5.75 Å². The lowest BCUT2D eigenvalue weighted by Gasteiger charge is -2.15. The second-order valence-corrected chi connectivity index (χ2v) is 3.68. The molecule has 0 spiro atoms. The minimum Gasteiger partial charge on any atom is -0.465 e. The largest absolute Gasteiger partial charge is 0.465 e. The first-order valence-corrected chi connectivity index (χ1v) is 5.77. The molecule has 0 saturated carbocycles. The lowest BCUT2D eigenvalue weighted by Crippen LogP contribution is -2.16. The van der Waals surface area contributed by atoms with E-state index in [0.717, 1.165) is 30.8 Å². The number of unbranched alkanes of at least 4 members (excludes halogenated alkanes) is 1. The van der Waals surface area contributed by atoms with Crippen molar-refractivity contribution in [1.29, 1.82) is 0 Å². The first-order valence-electron chi connectivity index (χ1n) is 5.77. The highest BCUT2D eigenvalue weighted by Gasteiger charge is 2.02. The molecule has 0 aromatic heterocycles. The van der Waals surface area contributed by atoms with E-state index in [1.807, 2.05) is 37.3 Å². The number of rotatable bonds is 7. The summed E-state index contributed by atoms with van der Waals surface area (Å²) in [6, 6.07) is 7.80. The van der Waals surface area contributed by atoms with Gasteiger partial charge < -0.3 is 9.47 Å². The summed E-state index contributed by atoms with van der Waals surface area (Å²) in [6.07, 6.45) is 3.83. The Bertz CT molecular complexity index is 303. The van der Waals surface area contributed by atoms with E-state index in [9.17, 15) is 0 Å². The minimum absolute atomic E-state index is 0.193. The Hall–Kier alpha value is -1.28. The Morgan fingerprint density at radius 1 is 1.31 bits per heavy atom. The molecular formula is C14H20O2. The van der Waals surface area contributed by atoms with Crippen LogP contribution in [0.2, 0.25) is 0 Å². The van der Waals surface area contributed by atoms with Crippen molar-refractivity contribution >= 4 is 6.08 Å². The van der Waals surface area contributed by atoms with E-state index in [4.69, 9.17) is 9.47 Å². The predicted molar refractivity (Wildman–Crippen MR) is 67.5 cm³/mol. The quantitative estimate of drug-likeness (QED) is 0.513. The molecule has 0 amide bonds. The smallest absolute Gasteiger partial charge is 0.196 e. The van der Waals surface area contributed by atoms with Crippen LogP contribution in [0.4, 0.5) is 0 Å². The van der Waals surface area contributed by atoms with E-state index in [0.29, 0.717) is 0 Å². The Morgan fingerprint density at radius 2 is 2.00 bits per heavy atom. The zero-order valence-electron chi connectivity index (χ0n) is 10.1. The van der Waals surface area contributed by atoms with E-state index >= 15 is 0 Å². The SMILES string of the molecule is C=Cc1ccc(OC(C)OCCCC)cc1. The van der Waals surface area contributed by atoms with Crippen LogP contribution in [-0.4, -0.2) is 12.9 Å². The topological polar surface area (TPSA) is 18.5 Å². The summed E-state index contributed by atoms with van der Waals surface area (Å²) in [4.78, 5) is 0. The number of hydrogen-bond acceptors (Lipinski definition) is 2. The van der Waals surface area contributed by atoms with Crippen molar-refractivity contribution in [3.05, 3.63) is 36.4 Å². The third-order valence-electron chi connectivity index (χ3n) is 2.27. The molecule has 16 heavy (non-hydrogen) atoms. The van der Waals surface area contributed by atoms with Crippen LogP contribution in [0.3, 0.4) is 0 Å². The standard InChI is InChI=1S/C14H20O2/c1-4-6-11-15-12(3)16-14-9-7-13(5-2)8-10-14/h5,7-10,12H,2,4,6,11H2,1,3H3. The molecule has 1 aromatic rings. The molecule has 0 saturated heterocycles. The van der Waals surface area contributed by atoms with Crippen molar-refractivity contribution in [2.75, 3.05) is 6.61 Å². The molecule has 0 N–H and O–H groups in total. The first kappa shape index (κ1) is 12.8. The Labute approximate surface area is 97.9 Å². The summed E-state index contributed by atoms with van der Waals surface area (Å²) in [7, 11) is 0. The highest BCUT2D eigenvalue weighted by molar-refractivity contribution is 5.48. The fourth-order valence-electron chi connectivity index (χ4n) is 1.30. The highest BCUT2D eigenvalue weighted by atomic mass is 16.7. The minimum atomic E-state index is -0.193. The summed E-state index contributed by atoms with van der Waals surface area (Å²) in [5, 5.41) is 0. The summed E-state index contributed by atoms with van der Waals surface area (Å²) < 4.78 is 11.1. The molecule has 0 aliphatic carbocycles. The molecule has 1 unspecified atom stereocenters. The van der Waals surface area contributed by atoms with Crippen LogP contribution >= 0.6 is 0 Å². The van der Waals surface area contributed by atoms with Crippen molar-refractivity contribution in [2.24, 2.45) is 0 Å². The molecular weight excluding hydrogens is 200 g/mol. The molecule has 2 nitrogen and oxygen atoms in total. The molecule has 1 atom stereocenters. The average molecular weight is 220 g/mol. The number of ether oxygens (including phenoxy) is 2. The molecule has 0 bridgehead atoms. The van der Waals surface area contributed by atoms with Crippen molar-refractivity contribution < 1.29 is 9.47 Å². The van der Waals surface area contributed by atoms with Gasteiger partial charge in [0.15, 0.2) is 6.29 Å². The summed E-state index contributed by atoms with van der Waals surface area (Å²) in [5.74, 6) is 0.828. The van der Waals surface area contributed by atoms with Crippen molar-refractivity contribution in [1.82, 2.24) is 0 Å². The van der Waals surface area contributed by atoms with E-state index in [1.54, 1.807) is 0 Å². The van der Waals surface area contributed by atoms with Crippen LogP contribution in [-0.2, 0) is 4.74 Å². The Kier molecular flexibility index (Phi) is 5.65. The monoisotopic (exact) mass is 220 g/mol. The van der Waals surface area contributed by atoms with Crippen LogP contribution in [0.15, 0.2) is 30.8 Å². The molecule has 0 radical (unpaired) electrons. The van der Waals surface area contributed by atoms with Crippen molar-refractivity contribution in [3.8, 4) is 5.75 Å². The fourth-order valence-corrected chi connectivity index (χ4v) is 1.30. The molecule has 0 aliphatic heterocycles. The van der Waals surface area contributed by atoms with Gasteiger partial charge in [-0.15, -0.1) is 0 Å². The maximum Gasteiger partial charge on any atom is 0.196 e. The normalized spacial score (nSPS) is 12.1. The molecule has 0 heterocycles. The summed E-state index contributed by atoms with van der Waals surface area (Å²) in [5.41, 5.74) is 1.09. The zero-order valence-corrected chi connectivity index (χ0v) is 10.1. The van der Waals surface area contributed by atoms with Gasteiger partial charge in [-0.1, -0.05) is 38.1 Å². The second-order valence-electron chi connectivity index (χ2n) is 3.68. The Morgan fingerprint density at radius 3 is 2.56 bits per heavy atom. The number of hydrogen-bond donors (Lipinski definition) is 0. The molecule has 88 valence electrons. The van der Waals surface area contributed by atoms with Crippen molar-refractivity contribution in [2.45, 2.75) is 33.0 Å². The molecule has 0 aliphatic rings. The summed E-state index contributed by atoms with van der Waals surface area (Å²) >= 11 is 0. The third kappa shape index (κ3) is 4.49. The van der Waals surface area contributed by atoms with E-state index < -0.39 is 0 Å². The maximum absolute atomic E-state index is 5.60. The van der Waals surface area contributed by atoms with Gasteiger partial charge in [-0.25, -0.2) is 0 Å². The van der Waals surface area contributed by atoms with Crippen molar-refractivity contribution in [3.63, 3.8) is 0 Å². The van der Waals surface area contributed by atoms with E-state index in [1.165, 1.54) is 0 Å². The van der Waals surface area contributed by atoms with Gasteiger partial charge in [0.05, 0.1) is 6.61 Å². The number of benzene rings is 1. The summed E-state index contributed by atoms with van der Waals surface area (Å²) in [6.45, 7) is 8.51. The van der Waals surface area contributed by atoms with Gasteiger partial charge in [0.2, 0.25) is 0 Å². The van der Waals surface area contributed by atoms with Crippen LogP contribution < -0.4 is 4.74 Å². The van der Waals surface area contributed by atoms with Gasteiger partial charge in [-0.3, -0.25) is 0 Å². The van der Waals surface area contributed by atoms with E-state index in [2.05, 4.69) is 13.5 Å². The first-order chi connectivity index (χ1) is 7.76. The van der Waals surface area contributed by atoms with Crippen LogP contribution in [0, 0.1) is 0 Å². The van der Waals surface area contributed by atoms with Gasteiger partial charge in [-0.05, 0) is 31.0 Å². The van der Waals surface area contributed by atoms with Gasteiger partial charge in [0.25, 0.3) is 0 Å². The lowest BCUT2D eigenvalue weighted by molar-refractivity contribution is -0.0673. The molecule has 1 aromatic carbocycles. The lowest BCUT2D eigenvalue weighted by atomic mass is 10.2. The van der Waals surface area contributed by atoms with Gasteiger partial charge >= 0.3 is 0 Å². The molecule has 1 rings (SSSR count). The zero-order chi connectivity index (χ0) is 11.8. The fraction of sp³-hybridized carbons (Fsp3) is 0.429. The molecule has 0 fully saturated rings. The van der Waals surface area contributed by atoms with Gasteiger partial charge in [0, 0.05) is 0 Å². The average Bonchev–Trinajstić information content (AvgIpc) is 2.30. The second kappa shape index (κ2) is 7.07. The molecule has 2 heteroatoms.